The average Bonchev–Trinajstić information content (AvgIpc) is 3.35. The molecule has 1 heterocycles. The summed E-state index contributed by atoms with van der Waals surface area (Å²) in [6, 6.07) is 6.49. The Balaban J connectivity index is 1.28. The lowest BCUT2D eigenvalue weighted by molar-refractivity contribution is -0.145. The van der Waals surface area contributed by atoms with E-state index >= 15 is 0 Å². The maximum atomic E-state index is 12.8. The standard InChI is InChI=1S/C21H21Br2NO6/c1-29-11-4-2-10(3-5-11)14(25)9-30-15(26)6-7-24-20(27)16-12-8-13(17(16)21(24)28)19(23)18(12)22/h2-5,12-13,16-19H,6-9H2,1H3/t12-,13+,16+,17-,18-,19+. The molecule has 0 unspecified atom stereocenters. The fourth-order valence-electron chi connectivity index (χ4n) is 4.91. The highest BCUT2D eigenvalue weighted by Gasteiger charge is 2.66. The van der Waals surface area contributed by atoms with Crippen molar-refractivity contribution in [2.24, 2.45) is 23.7 Å². The number of likely N-dealkylation sites (tertiary alicyclic amines) is 1. The number of ether oxygens (including phenoxy) is 2. The van der Waals surface area contributed by atoms with Crippen LogP contribution in [0, 0.1) is 23.7 Å². The topological polar surface area (TPSA) is 90.0 Å². The van der Waals surface area contributed by atoms with Crippen molar-refractivity contribution < 1.29 is 28.7 Å². The molecular weight excluding hydrogens is 522 g/mol. The fraction of sp³-hybridized carbons (Fsp3) is 0.524. The first kappa shape index (κ1) is 21.5. The molecule has 6 atom stereocenters. The monoisotopic (exact) mass is 541 g/mol. The van der Waals surface area contributed by atoms with E-state index in [1.165, 1.54) is 12.0 Å². The number of hydrogen-bond donors (Lipinski definition) is 0. The number of hydrogen-bond acceptors (Lipinski definition) is 6. The summed E-state index contributed by atoms with van der Waals surface area (Å²) in [6.07, 6.45) is 0.736. The van der Waals surface area contributed by atoms with Gasteiger partial charge in [0, 0.05) is 21.8 Å². The van der Waals surface area contributed by atoms with Crippen molar-refractivity contribution in [3.8, 4) is 5.75 Å². The number of carbonyl (C=O) groups excluding carboxylic acids is 4. The zero-order valence-electron chi connectivity index (χ0n) is 16.3. The van der Waals surface area contributed by atoms with Crippen molar-refractivity contribution in [2.45, 2.75) is 22.5 Å². The molecule has 2 aliphatic carbocycles. The molecule has 2 saturated carbocycles. The predicted octanol–water partition coefficient (Wildman–Crippen LogP) is 2.59. The second-order valence-electron chi connectivity index (χ2n) is 7.89. The smallest absolute Gasteiger partial charge is 0.308 e. The van der Waals surface area contributed by atoms with Crippen molar-refractivity contribution >= 4 is 55.4 Å². The minimum absolute atomic E-state index is 0.0143. The van der Waals surface area contributed by atoms with E-state index in [9.17, 15) is 19.2 Å². The fourth-order valence-corrected chi connectivity index (χ4v) is 6.79. The molecule has 9 heteroatoms. The van der Waals surface area contributed by atoms with E-state index in [1.54, 1.807) is 24.3 Å². The van der Waals surface area contributed by atoms with Gasteiger partial charge in [0.1, 0.15) is 5.75 Å². The van der Waals surface area contributed by atoms with E-state index in [2.05, 4.69) is 31.9 Å². The Kier molecular flexibility index (Phi) is 6.03. The van der Waals surface area contributed by atoms with E-state index in [4.69, 9.17) is 9.47 Å². The summed E-state index contributed by atoms with van der Waals surface area (Å²) in [5.41, 5.74) is 0.408. The quantitative estimate of drug-likeness (QED) is 0.228. The zero-order valence-corrected chi connectivity index (χ0v) is 19.4. The zero-order chi connectivity index (χ0) is 21.6. The van der Waals surface area contributed by atoms with Crippen LogP contribution in [0.4, 0.5) is 0 Å². The van der Waals surface area contributed by atoms with Gasteiger partial charge in [-0.25, -0.2) is 0 Å². The molecule has 1 saturated heterocycles. The van der Waals surface area contributed by atoms with Crippen molar-refractivity contribution in [3.63, 3.8) is 0 Å². The first-order valence-corrected chi connectivity index (χ1v) is 11.6. The molecule has 1 aromatic carbocycles. The van der Waals surface area contributed by atoms with Crippen LogP contribution in [0.5, 0.6) is 5.75 Å². The van der Waals surface area contributed by atoms with Crippen molar-refractivity contribution in [3.05, 3.63) is 29.8 Å². The molecule has 2 amide bonds. The lowest BCUT2D eigenvalue weighted by atomic mass is 9.81. The third-order valence-electron chi connectivity index (χ3n) is 6.39. The summed E-state index contributed by atoms with van der Waals surface area (Å²) in [5, 5.41) is 0. The largest absolute Gasteiger partial charge is 0.497 e. The van der Waals surface area contributed by atoms with Gasteiger partial charge in [0.15, 0.2) is 12.4 Å². The van der Waals surface area contributed by atoms with Crippen LogP contribution in [0.25, 0.3) is 0 Å². The van der Waals surface area contributed by atoms with Gasteiger partial charge in [0.05, 0.1) is 25.4 Å². The Hall–Kier alpha value is -1.74. The van der Waals surface area contributed by atoms with Crippen molar-refractivity contribution in [1.29, 1.82) is 0 Å². The normalized spacial score (nSPS) is 31.8. The number of alkyl halides is 2. The number of imide groups is 1. The number of methoxy groups -OCH3 is 1. The SMILES string of the molecule is COc1ccc(C(=O)COC(=O)CCN2C(=O)[C@@H]3[C@@H]4C[C@@H]([C@@H](Br)[C@H]4Br)[C@@H]3C2=O)cc1. The van der Waals surface area contributed by atoms with Gasteiger partial charge < -0.3 is 9.47 Å². The summed E-state index contributed by atoms with van der Waals surface area (Å²) in [5.74, 6) is -1.03. The summed E-state index contributed by atoms with van der Waals surface area (Å²) >= 11 is 7.29. The van der Waals surface area contributed by atoms with Gasteiger partial charge in [-0.05, 0) is 42.5 Å². The molecule has 1 aliphatic heterocycles. The lowest BCUT2D eigenvalue weighted by Gasteiger charge is -2.28. The Morgan fingerprint density at radius 3 is 2.13 bits per heavy atom. The van der Waals surface area contributed by atoms with Crippen LogP contribution in [0.1, 0.15) is 23.2 Å². The molecule has 3 fully saturated rings. The van der Waals surface area contributed by atoms with Crippen LogP contribution >= 0.6 is 31.9 Å². The number of Topliss-reactive ketones (excluding diaryl/α,β-unsaturated/α-hetero) is 1. The van der Waals surface area contributed by atoms with E-state index in [0.717, 1.165) is 6.42 Å². The molecule has 0 aromatic heterocycles. The number of carbonyl (C=O) groups is 4. The van der Waals surface area contributed by atoms with E-state index in [0.29, 0.717) is 11.3 Å². The minimum Gasteiger partial charge on any atom is -0.497 e. The van der Waals surface area contributed by atoms with Gasteiger partial charge in [-0.1, -0.05) is 31.9 Å². The summed E-state index contributed by atoms with van der Waals surface area (Å²) in [6.45, 7) is -0.404. The summed E-state index contributed by atoms with van der Waals surface area (Å²) in [7, 11) is 1.53. The molecular formula is C21H21Br2NO6. The van der Waals surface area contributed by atoms with Crippen LogP contribution in [0.15, 0.2) is 24.3 Å². The highest BCUT2D eigenvalue weighted by Crippen LogP contribution is 2.60. The van der Waals surface area contributed by atoms with E-state index in [-0.39, 0.29) is 70.5 Å². The highest BCUT2D eigenvalue weighted by atomic mass is 79.9. The first-order valence-electron chi connectivity index (χ1n) is 9.79. The second kappa shape index (κ2) is 8.42. The molecule has 160 valence electrons. The Labute approximate surface area is 190 Å². The summed E-state index contributed by atoms with van der Waals surface area (Å²) < 4.78 is 10.1. The van der Waals surface area contributed by atoms with Crippen LogP contribution in [-0.4, -0.2) is 58.4 Å². The molecule has 3 aliphatic rings. The number of halogens is 2. The highest BCUT2D eigenvalue weighted by molar-refractivity contribution is 9.12. The number of benzene rings is 1. The molecule has 7 nitrogen and oxygen atoms in total. The van der Waals surface area contributed by atoms with Crippen LogP contribution in [0.3, 0.4) is 0 Å². The molecule has 2 bridgehead atoms. The van der Waals surface area contributed by atoms with Crippen LogP contribution in [0.2, 0.25) is 0 Å². The Bertz CT molecular complexity index is 856. The molecule has 30 heavy (non-hydrogen) atoms. The molecule has 4 rings (SSSR count). The molecule has 0 radical (unpaired) electrons. The van der Waals surface area contributed by atoms with Crippen molar-refractivity contribution in [2.75, 3.05) is 20.3 Å². The van der Waals surface area contributed by atoms with E-state index < -0.39 is 5.97 Å². The number of rotatable bonds is 7. The van der Waals surface area contributed by atoms with E-state index in [1.807, 2.05) is 0 Å². The number of amides is 2. The number of nitrogens with zero attached hydrogens (tertiary/aromatic N) is 1. The number of ketones is 1. The van der Waals surface area contributed by atoms with Crippen molar-refractivity contribution in [1.82, 2.24) is 4.90 Å². The van der Waals surface area contributed by atoms with Gasteiger partial charge in [0.2, 0.25) is 11.8 Å². The number of fused-ring (bicyclic) bond motifs is 5. The summed E-state index contributed by atoms with van der Waals surface area (Å²) in [4.78, 5) is 51.4. The second-order valence-corrected chi connectivity index (χ2v) is 10.0. The molecule has 0 spiro atoms. The average molecular weight is 543 g/mol. The first-order chi connectivity index (χ1) is 14.3. The third-order valence-corrected chi connectivity index (χ3v) is 9.60. The van der Waals surface area contributed by atoms with Gasteiger partial charge in [-0.2, -0.15) is 0 Å². The van der Waals surface area contributed by atoms with Gasteiger partial charge in [-0.3, -0.25) is 24.1 Å². The van der Waals surface area contributed by atoms with Gasteiger partial charge in [0.25, 0.3) is 0 Å². The lowest BCUT2D eigenvalue weighted by Crippen LogP contribution is -2.37. The third kappa shape index (κ3) is 3.60. The Morgan fingerprint density at radius 2 is 1.60 bits per heavy atom. The van der Waals surface area contributed by atoms with Crippen LogP contribution in [-0.2, 0) is 19.1 Å². The molecule has 1 aromatic rings. The molecule has 0 N–H and O–H groups in total. The van der Waals surface area contributed by atoms with Gasteiger partial charge in [-0.15, -0.1) is 0 Å². The Morgan fingerprint density at radius 1 is 1.03 bits per heavy atom. The predicted molar refractivity (Wildman–Crippen MR) is 114 cm³/mol. The number of esters is 1. The van der Waals surface area contributed by atoms with Gasteiger partial charge >= 0.3 is 5.97 Å². The van der Waals surface area contributed by atoms with Crippen LogP contribution < -0.4 is 4.74 Å². The minimum atomic E-state index is -0.616. The maximum Gasteiger partial charge on any atom is 0.308 e. The maximum absolute atomic E-state index is 12.8.